The van der Waals surface area contributed by atoms with Crippen molar-refractivity contribution in [3.8, 4) is 0 Å². The zero-order valence-electron chi connectivity index (χ0n) is 9.05. The van der Waals surface area contributed by atoms with Gasteiger partial charge >= 0.3 is 0 Å². The Labute approximate surface area is 86.5 Å². The van der Waals surface area contributed by atoms with E-state index in [4.69, 9.17) is 0 Å². The Morgan fingerprint density at radius 2 is 2.08 bits per heavy atom. The van der Waals surface area contributed by atoms with Gasteiger partial charge in [-0.25, -0.2) is 0 Å². The number of nitrogens with one attached hydrogen (secondary N) is 1. The van der Waals surface area contributed by atoms with Gasteiger partial charge < -0.3 is 5.32 Å². The number of nitrogens with zero attached hydrogens (tertiary/aromatic N) is 1. The summed E-state index contributed by atoms with van der Waals surface area (Å²) in [5.74, 6) is 1.27. The van der Waals surface area contributed by atoms with Crippen molar-refractivity contribution in [2.75, 3.05) is 32.1 Å². The first-order valence-electron chi connectivity index (χ1n) is 5.18. The summed E-state index contributed by atoms with van der Waals surface area (Å²) in [6.45, 7) is 4.89. The molecule has 0 aliphatic carbocycles. The van der Waals surface area contributed by atoms with Crippen LogP contribution >= 0.6 is 11.8 Å². The molecule has 1 unspecified atom stereocenters. The molecule has 13 heavy (non-hydrogen) atoms. The molecule has 1 atom stereocenters. The van der Waals surface area contributed by atoms with Crippen molar-refractivity contribution in [2.45, 2.75) is 31.8 Å². The fraction of sp³-hybridized carbons (Fsp3) is 1.00. The van der Waals surface area contributed by atoms with E-state index in [2.05, 4.69) is 30.4 Å². The molecule has 0 aromatic rings. The highest BCUT2D eigenvalue weighted by atomic mass is 32.2. The van der Waals surface area contributed by atoms with Crippen molar-refractivity contribution < 1.29 is 0 Å². The minimum absolute atomic E-state index is 0.757. The van der Waals surface area contributed by atoms with Gasteiger partial charge in [0.2, 0.25) is 0 Å². The Morgan fingerprint density at radius 3 is 2.54 bits per heavy atom. The summed E-state index contributed by atoms with van der Waals surface area (Å²) in [6.07, 6.45) is 4.82. The predicted molar refractivity (Wildman–Crippen MR) is 61.5 cm³/mol. The second-order valence-corrected chi connectivity index (χ2v) is 4.81. The average Bonchev–Trinajstić information content (AvgIpc) is 2.18. The van der Waals surface area contributed by atoms with Gasteiger partial charge in [-0.3, -0.25) is 4.90 Å². The van der Waals surface area contributed by atoms with E-state index in [9.17, 15) is 0 Å². The highest BCUT2D eigenvalue weighted by Gasteiger charge is 2.20. The summed E-state index contributed by atoms with van der Waals surface area (Å²) in [7, 11) is 2.08. The summed E-state index contributed by atoms with van der Waals surface area (Å²) < 4.78 is 0. The standard InChI is InChI=1S/C10H22N2S/c1-9(8-13-3)12-6-4-10(11-2)5-7-12/h9-11H,4-8H2,1-3H3. The van der Waals surface area contributed by atoms with Gasteiger partial charge in [0.05, 0.1) is 0 Å². The van der Waals surface area contributed by atoms with Crippen LogP contribution in [0.2, 0.25) is 0 Å². The highest BCUT2D eigenvalue weighted by Crippen LogP contribution is 2.14. The lowest BCUT2D eigenvalue weighted by Crippen LogP contribution is -2.45. The van der Waals surface area contributed by atoms with Crippen LogP contribution in [-0.2, 0) is 0 Å². The SMILES string of the molecule is CNC1CCN(C(C)CSC)CC1. The molecule has 1 saturated heterocycles. The van der Waals surface area contributed by atoms with Crippen LogP contribution < -0.4 is 5.32 Å². The largest absolute Gasteiger partial charge is 0.317 e. The molecule has 1 aliphatic heterocycles. The molecule has 1 heterocycles. The van der Waals surface area contributed by atoms with Crippen LogP contribution in [0.15, 0.2) is 0 Å². The Bertz CT molecular complexity index is 133. The van der Waals surface area contributed by atoms with Crippen molar-refractivity contribution in [1.82, 2.24) is 10.2 Å². The Morgan fingerprint density at radius 1 is 1.46 bits per heavy atom. The third kappa shape index (κ3) is 3.49. The van der Waals surface area contributed by atoms with Gasteiger partial charge in [0.15, 0.2) is 0 Å². The predicted octanol–water partition coefficient (Wildman–Crippen LogP) is 1.42. The molecule has 1 fully saturated rings. The van der Waals surface area contributed by atoms with Gasteiger partial charge in [-0.2, -0.15) is 11.8 Å². The topological polar surface area (TPSA) is 15.3 Å². The molecule has 0 amide bonds. The van der Waals surface area contributed by atoms with E-state index in [-0.39, 0.29) is 0 Å². The molecule has 0 saturated carbocycles. The third-order valence-electron chi connectivity index (χ3n) is 2.97. The lowest BCUT2D eigenvalue weighted by Gasteiger charge is -2.35. The zero-order chi connectivity index (χ0) is 9.68. The number of likely N-dealkylation sites (tertiary alicyclic amines) is 1. The molecule has 3 heteroatoms. The van der Waals surface area contributed by atoms with Crippen molar-refractivity contribution >= 4 is 11.8 Å². The number of rotatable bonds is 4. The van der Waals surface area contributed by atoms with E-state index in [0.29, 0.717) is 0 Å². The summed E-state index contributed by atoms with van der Waals surface area (Å²) in [6, 6.07) is 1.52. The number of hydrogen-bond acceptors (Lipinski definition) is 3. The Kier molecular flexibility index (Phi) is 5.14. The molecule has 0 radical (unpaired) electrons. The van der Waals surface area contributed by atoms with E-state index in [0.717, 1.165) is 12.1 Å². The smallest absolute Gasteiger partial charge is 0.0157 e. The van der Waals surface area contributed by atoms with E-state index in [1.807, 2.05) is 11.8 Å². The van der Waals surface area contributed by atoms with E-state index in [1.165, 1.54) is 31.7 Å². The van der Waals surface area contributed by atoms with Gasteiger partial charge in [0, 0.05) is 17.8 Å². The van der Waals surface area contributed by atoms with Gasteiger partial charge in [-0.05, 0) is 46.2 Å². The maximum absolute atomic E-state index is 3.36. The van der Waals surface area contributed by atoms with E-state index in [1.54, 1.807) is 0 Å². The first-order valence-corrected chi connectivity index (χ1v) is 6.57. The van der Waals surface area contributed by atoms with Crippen molar-refractivity contribution in [3.05, 3.63) is 0 Å². The van der Waals surface area contributed by atoms with E-state index < -0.39 is 0 Å². The maximum atomic E-state index is 3.36. The molecular weight excluding hydrogens is 180 g/mol. The van der Waals surface area contributed by atoms with Gasteiger partial charge in [-0.15, -0.1) is 0 Å². The van der Waals surface area contributed by atoms with Crippen LogP contribution in [0, 0.1) is 0 Å². The monoisotopic (exact) mass is 202 g/mol. The quantitative estimate of drug-likeness (QED) is 0.742. The molecule has 78 valence electrons. The lowest BCUT2D eigenvalue weighted by molar-refractivity contribution is 0.166. The molecule has 0 aromatic heterocycles. The summed E-state index contributed by atoms with van der Waals surface area (Å²) in [4.78, 5) is 2.62. The van der Waals surface area contributed by atoms with Crippen molar-refractivity contribution in [2.24, 2.45) is 0 Å². The molecule has 1 N–H and O–H groups in total. The van der Waals surface area contributed by atoms with Crippen LogP contribution in [0.3, 0.4) is 0 Å². The number of piperidine rings is 1. The second-order valence-electron chi connectivity index (χ2n) is 3.90. The molecule has 1 rings (SSSR count). The summed E-state index contributed by atoms with van der Waals surface area (Å²) in [5.41, 5.74) is 0. The zero-order valence-corrected chi connectivity index (χ0v) is 9.86. The van der Waals surface area contributed by atoms with Crippen molar-refractivity contribution in [1.29, 1.82) is 0 Å². The first kappa shape index (κ1) is 11.3. The minimum Gasteiger partial charge on any atom is -0.317 e. The van der Waals surface area contributed by atoms with E-state index >= 15 is 0 Å². The maximum Gasteiger partial charge on any atom is 0.0157 e. The van der Waals surface area contributed by atoms with Crippen LogP contribution in [-0.4, -0.2) is 49.1 Å². The Hall–Kier alpha value is 0.270. The van der Waals surface area contributed by atoms with Crippen molar-refractivity contribution in [3.63, 3.8) is 0 Å². The molecule has 1 aliphatic rings. The summed E-state index contributed by atoms with van der Waals surface area (Å²) in [5, 5.41) is 3.36. The van der Waals surface area contributed by atoms with Crippen LogP contribution in [0.25, 0.3) is 0 Å². The van der Waals surface area contributed by atoms with Gasteiger partial charge in [-0.1, -0.05) is 0 Å². The van der Waals surface area contributed by atoms with Gasteiger partial charge in [0.1, 0.15) is 0 Å². The van der Waals surface area contributed by atoms with Crippen LogP contribution in [0.5, 0.6) is 0 Å². The highest BCUT2D eigenvalue weighted by molar-refractivity contribution is 7.98. The normalized spacial score (nSPS) is 23.3. The first-order chi connectivity index (χ1) is 6.27. The fourth-order valence-corrected chi connectivity index (χ4v) is 2.67. The number of thioether (sulfide) groups is 1. The molecule has 0 bridgehead atoms. The lowest BCUT2D eigenvalue weighted by atomic mass is 10.0. The van der Waals surface area contributed by atoms with Crippen LogP contribution in [0.4, 0.5) is 0 Å². The number of hydrogen-bond donors (Lipinski definition) is 1. The molecule has 0 aromatic carbocycles. The average molecular weight is 202 g/mol. The third-order valence-corrected chi connectivity index (χ3v) is 3.78. The molecular formula is C10H22N2S. The second kappa shape index (κ2) is 5.89. The molecule has 0 spiro atoms. The fourth-order valence-electron chi connectivity index (χ4n) is 1.98. The molecule has 2 nitrogen and oxygen atoms in total. The van der Waals surface area contributed by atoms with Crippen LogP contribution in [0.1, 0.15) is 19.8 Å². The minimum atomic E-state index is 0.757. The summed E-state index contributed by atoms with van der Waals surface area (Å²) >= 11 is 1.95. The Balaban J connectivity index is 2.23. The van der Waals surface area contributed by atoms with Gasteiger partial charge in [0.25, 0.3) is 0 Å².